The zero-order valence-corrected chi connectivity index (χ0v) is 11.3. The van der Waals surface area contributed by atoms with Gasteiger partial charge in [-0.15, -0.1) is 0 Å². The van der Waals surface area contributed by atoms with Crippen LogP contribution in [-0.4, -0.2) is 42.1 Å². The second kappa shape index (κ2) is 5.52. The van der Waals surface area contributed by atoms with Crippen molar-refractivity contribution < 1.29 is 9.32 Å². The van der Waals surface area contributed by atoms with E-state index in [9.17, 15) is 4.79 Å². The molecule has 2 heterocycles. The van der Waals surface area contributed by atoms with E-state index in [4.69, 9.17) is 4.52 Å². The van der Waals surface area contributed by atoms with Crippen molar-refractivity contribution in [3.05, 3.63) is 17.0 Å². The van der Waals surface area contributed by atoms with Crippen molar-refractivity contribution in [3.8, 4) is 0 Å². The predicted octanol–water partition coefficient (Wildman–Crippen LogP) is 1.22. The molecule has 5 heteroatoms. The van der Waals surface area contributed by atoms with Crippen LogP contribution in [0.3, 0.4) is 0 Å². The molecule has 1 aliphatic rings. The molecule has 0 aromatic carbocycles. The molecule has 18 heavy (non-hydrogen) atoms. The molecule has 5 nitrogen and oxygen atoms in total. The Balaban J connectivity index is 1.98. The molecule has 1 fully saturated rings. The summed E-state index contributed by atoms with van der Waals surface area (Å²) in [5.41, 5.74) is 1.98. The van der Waals surface area contributed by atoms with Gasteiger partial charge in [-0.3, -0.25) is 4.79 Å². The lowest BCUT2D eigenvalue weighted by molar-refractivity contribution is -0.132. The lowest BCUT2D eigenvalue weighted by Gasteiger charge is -2.28. The fourth-order valence-corrected chi connectivity index (χ4v) is 2.60. The van der Waals surface area contributed by atoms with Gasteiger partial charge in [0.25, 0.3) is 0 Å². The first kappa shape index (κ1) is 13.1. The minimum Gasteiger partial charge on any atom is -0.361 e. The van der Waals surface area contributed by atoms with Crippen molar-refractivity contribution in [2.45, 2.75) is 33.1 Å². The quantitative estimate of drug-likeness (QED) is 0.877. The van der Waals surface area contributed by atoms with Crippen molar-refractivity contribution in [2.24, 2.45) is 0 Å². The maximum Gasteiger partial charge on any atom is 0.223 e. The van der Waals surface area contributed by atoms with Crippen LogP contribution in [0.5, 0.6) is 0 Å². The Kier molecular flexibility index (Phi) is 4.01. The monoisotopic (exact) mass is 251 g/mol. The third-order valence-corrected chi connectivity index (χ3v) is 3.53. The van der Waals surface area contributed by atoms with Crippen LogP contribution in [-0.2, 0) is 4.79 Å². The van der Waals surface area contributed by atoms with Crippen LogP contribution in [0.1, 0.15) is 36.3 Å². The van der Waals surface area contributed by atoms with Crippen LogP contribution < -0.4 is 5.32 Å². The third-order valence-electron chi connectivity index (χ3n) is 3.53. The third kappa shape index (κ3) is 2.72. The van der Waals surface area contributed by atoms with E-state index in [1.165, 1.54) is 0 Å². The smallest absolute Gasteiger partial charge is 0.223 e. The molecule has 0 saturated carbocycles. The van der Waals surface area contributed by atoms with E-state index in [-0.39, 0.29) is 11.8 Å². The van der Waals surface area contributed by atoms with Gasteiger partial charge in [-0.05, 0) is 19.8 Å². The van der Waals surface area contributed by atoms with Crippen LogP contribution >= 0.6 is 0 Å². The highest BCUT2D eigenvalue weighted by molar-refractivity contribution is 5.77. The number of aryl methyl sites for hydroxylation is 2. The lowest BCUT2D eigenvalue weighted by Crippen LogP contribution is -2.46. The minimum absolute atomic E-state index is 0.165. The van der Waals surface area contributed by atoms with Gasteiger partial charge in [0.15, 0.2) is 0 Å². The van der Waals surface area contributed by atoms with Crippen molar-refractivity contribution in [1.82, 2.24) is 15.4 Å². The number of hydrogen-bond donors (Lipinski definition) is 1. The van der Waals surface area contributed by atoms with Gasteiger partial charge in [-0.2, -0.15) is 0 Å². The maximum absolute atomic E-state index is 12.2. The van der Waals surface area contributed by atoms with Gasteiger partial charge in [-0.1, -0.05) is 12.1 Å². The van der Waals surface area contributed by atoms with Crippen LogP contribution in [0, 0.1) is 13.8 Å². The number of carbonyl (C=O) groups is 1. The summed E-state index contributed by atoms with van der Waals surface area (Å²) in [5.74, 6) is 1.22. The van der Waals surface area contributed by atoms with Crippen molar-refractivity contribution >= 4 is 5.91 Å². The second-order valence-corrected chi connectivity index (χ2v) is 4.97. The average molecular weight is 251 g/mol. The summed E-state index contributed by atoms with van der Waals surface area (Å²) >= 11 is 0. The summed E-state index contributed by atoms with van der Waals surface area (Å²) in [6, 6.07) is 0. The summed E-state index contributed by atoms with van der Waals surface area (Å²) in [5, 5.41) is 7.20. The van der Waals surface area contributed by atoms with Gasteiger partial charge in [0.2, 0.25) is 5.91 Å². The first-order chi connectivity index (χ1) is 8.59. The van der Waals surface area contributed by atoms with Gasteiger partial charge in [-0.25, -0.2) is 0 Å². The summed E-state index contributed by atoms with van der Waals surface area (Å²) in [6.45, 7) is 9.31. The number of rotatable bonds is 3. The summed E-state index contributed by atoms with van der Waals surface area (Å²) in [6.07, 6.45) is 0.531. The molecule has 1 aliphatic heterocycles. The highest BCUT2D eigenvalue weighted by atomic mass is 16.5. The lowest BCUT2D eigenvalue weighted by atomic mass is 9.95. The van der Waals surface area contributed by atoms with Crippen molar-refractivity contribution in [2.75, 3.05) is 26.2 Å². The molecule has 1 unspecified atom stereocenters. The molecule has 0 spiro atoms. The van der Waals surface area contributed by atoms with Gasteiger partial charge in [0, 0.05) is 38.2 Å². The number of aromatic nitrogens is 1. The maximum atomic E-state index is 12.2. The van der Waals surface area contributed by atoms with Gasteiger partial charge in [0.05, 0.1) is 5.69 Å². The summed E-state index contributed by atoms with van der Waals surface area (Å²) < 4.78 is 5.16. The summed E-state index contributed by atoms with van der Waals surface area (Å²) in [4.78, 5) is 14.1. The van der Waals surface area contributed by atoms with Gasteiger partial charge in [0.1, 0.15) is 5.76 Å². The van der Waals surface area contributed by atoms with Gasteiger partial charge >= 0.3 is 0 Å². The van der Waals surface area contributed by atoms with Crippen molar-refractivity contribution in [3.63, 3.8) is 0 Å². The number of piperazine rings is 1. The van der Waals surface area contributed by atoms with E-state index in [1.54, 1.807) is 0 Å². The van der Waals surface area contributed by atoms with Crippen molar-refractivity contribution in [1.29, 1.82) is 0 Å². The molecule has 2 rings (SSSR count). The molecule has 0 bridgehead atoms. The zero-order chi connectivity index (χ0) is 13.1. The standard InChI is InChI=1S/C13H21N3O2/c1-9(13-10(2)15-18-11(13)3)8-12(17)16-6-4-14-5-7-16/h9,14H,4-8H2,1-3H3. The van der Waals surface area contributed by atoms with E-state index < -0.39 is 0 Å². The Morgan fingerprint density at radius 2 is 2.11 bits per heavy atom. The number of nitrogens with one attached hydrogen (secondary N) is 1. The van der Waals surface area contributed by atoms with Crippen LogP contribution in [0.2, 0.25) is 0 Å². The second-order valence-electron chi connectivity index (χ2n) is 4.97. The van der Waals surface area contributed by atoms with Crippen LogP contribution in [0.15, 0.2) is 4.52 Å². The predicted molar refractivity (Wildman–Crippen MR) is 68.5 cm³/mol. The highest BCUT2D eigenvalue weighted by Gasteiger charge is 2.23. The fraction of sp³-hybridized carbons (Fsp3) is 0.692. The molecule has 0 aliphatic carbocycles. The zero-order valence-electron chi connectivity index (χ0n) is 11.3. The van der Waals surface area contributed by atoms with Crippen LogP contribution in [0.25, 0.3) is 0 Å². The molecule has 0 radical (unpaired) electrons. The number of hydrogen-bond acceptors (Lipinski definition) is 4. The molecule has 1 N–H and O–H groups in total. The molecule has 1 atom stereocenters. The van der Waals surface area contributed by atoms with Gasteiger partial charge < -0.3 is 14.7 Å². The SMILES string of the molecule is Cc1noc(C)c1C(C)CC(=O)N1CCNCC1. The number of amides is 1. The minimum atomic E-state index is 0.165. The van der Waals surface area contributed by atoms with E-state index >= 15 is 0 Å². The Morgan fingerprint density at radius 3 is 2.67 bits per heavy atom. The highest BCUT2D eigenvalue weighted by Crippen LogP contribution is 2.26. The van der Waals surface area contributed by atoms with E-state index in [0.29, 0.717) is 6.42 Å². The normalized spacial score (nSPS) is 17.8. The Bertz CT molecular complexity index is 402. The molecule has 1 aromatic rings. The molecular formula is C13H21N3O2. The largest absolute Gasteiger partial charge is 0.361 e. The summed E-state index contributed by atoms with van der Waals surface area (Å²) in [7, 11) is 0. The van der Waals surface area contributed by atoms with Crippen LogP contribution in [0.4, 0.5) is 0 Å². The first-order valence-corrected chi connectivity index (χ1v) is 6.51. The Labute approximate surface area is 108 Å². The first-order valence-electron chi connectivity index (χ1n) is 6.51. The van der Waals surface area contributed by atoms with E-state index in [2.05, 4.69) is 17.4 Å². The number of nitrogens with zero attached hydrogens (tertiary/aromatic N) is 2. The average Bonchev–Trinajstić information content (AvgIpc) is 2.70. The van der Waals surface area contributed by atoms with E-state index in [1.807, 2.05) is 18.7 Å². The molecule has 1 aromatic heterocycles. The topological polar surface area (TPSA) is 58.4 Å². The molecule has 1 amide bonds. The Hall–Kier alpha value is -1.36. The van der Waals surface area contributed by atoms with E-state index in [0.717, 1.165) is 43.2 Å². The number of carbonyl (C=O) groups excluding carboxylic acids is 1. The molecular weight excluding hydrogens is 230 g/mol. The Morgan fingerprint density at radius 1 is 1.44 bits per heavy atom. The fourth-order valence-electron chi connectivity index (χ4n) is 2.60. The molecule has 100 valence electrons. The molecule has 1 saturated heterocycles.